The monoisotopic (exact) mass is 355 g/mol. The minimum absolute atomic E-state index is 0.0425. The molecule has 132 valence electrons. The third kappa shape index (κ3) is 3.20. The molecule has 0 aliphatic carbocycles. The molecular weight excluding hydrogens is 342 g/mol. The van der Waals surface area contributed by atoms with Gasteiger partial charge in [0.25, 0.3) is 5.69 Å². The number of rotatable bonds is 5. The molecule has 3 aromatic rings. The van der Waals surface area contributed by atoms with Crippen LogP contribution in [0.25, 0.3) is 5.65 Å². The number of benzene rings is 1. The van der Waals surface area contributed by atoms with Crippen LogP contribution in [0.4, 0.5) is 17.2 Å². The highest BCUT2D eigenvalue weighted by Crippen LogP contribution is 2.29. The van der Waals surface area contributed by atoms with Crippen LogP contribution in [0.1, 0.15) is 17.4 Å². The number of aromatic nitrogens is 2. The number of pyridine rings is 1. The normalized spacial score (nSPS) is 11.1. The van der Waals surface area contributed by atoms with Crippen molar-refractivity contribution in [3.63, 3.8) is 0 Å². The fourth-order valence-electron chi connectivity index (χ4n) is 2.25. The van der Waals surface area contributed by atoms with E-state index in [0.29, 0.717) is 0 Å². The van der Waals surface area contributed by atoms with Gasteiger partial charge in [-0.1, -0.05) is 6.07 Å². The van der Waals surface area contributed by atoms with Gasteiger partial charge in [0.1, 0.15) is 0 Å². The Morgan fingerprint density at radius 3 is 2.88 bits per heavy atom. The molecule has 3 rings (SSSR count). The zero-order valence-electron chi connectivity index (χ0n) is 13.6. The summed E-state index contributed by atoms with van der Waals surface area (Å²) in [6.45, 7) is 1.79. The van der Waals surface area contributed by atoms with E-state index in [1.165, 1.54) is 34.7 Å². The summed E-state index contributed by atoms with van der Waals surface area (Å²) in [7, 11) is 0. The van der Waals surface area contributed by atoms with Crippen molar-refractivity contribution in [3.05, 3.63) is 58.4 Å². The van der Waals surface area contributed by atoms with E-state index in [0.717, 1.165) is 0 Å². The first-order valence-corrected chi connectivity index (χ1v) is 7.54. The highest BCUT2D eigenvalue weighted by Gasteiger charge is 2.21. The maximum absolute atomic E-state index is 12.1. The lowest BCUT2D eigenvalue weighted by Crippen LogP contribution is -2.05. The lowest BCUT2D eigenvalue weighted by atomic mass is 10.3. The number of aromatic hydroxyl groups is 1. The molecule has 10 heteroatoms. The second-order valence-corrected chi connectivity index (χ2v) is 5.07. The van der Waals surface area contributed by atoms with Crippen molar-refractivity contribution >= 4 is 28.8 Å². The van der Waals surface area contributed by atoms with E-state index in [4.69, 9.17) is 4.74 Å². The second-order valence-electron chi connectivity index (χ2n) is 5.07. The van der Waals surface area contributed by atoms with Gasteiger partial charge in [-0.05, 0) is 25.1 Å². The smallest absolute Gasteiger partial charge is 0.360 e. The van der Waals surface area contributed by atoms with Gasteiger partial charge in [-0.15, -0.1) is 10.2 Å². The van der Waals surface area contributed by atoms with Crippen LogP contribution in [-0.2, 0) is 4.74 Å². The molecule has 1 aromatic carbocycles. The molecule has 0 unspecified atom stereocenters. The van der Waals surface area contributed by atoms with Crippen molar-refractivity contribution in [2.24, 2.45) is 10.2 Å². The van der Waals surface area contributed by atoms with Gasteiger partial charge in [0, 0.05) is 18.3 Å². The second kappa shape index (κ2) is 6.97. The Morgan fingerprint density at radius 1 is 1.35 bits per heavy atom. The van der Waals surface area contributed by atoms with Crippen LogP contribution in [-0.4, -0.2) is 32.0 Å². The topological polar surface area (TPSA) is 132 Å². The number of imidazole rings is 1. The summed E-state index contributed by atoms with van der Waals surface area (Å²) in [6, 6.07) is 8.54. The third-order valence-corrected chi connectivity index (χ3v) is 3.37. The van der Waals surface area contributed by atoms with Gasteiger partial charge in [-0.3, -0.25) is 14.5 Å². The molecule has 0 bridgehead atoms. The molecule has 10 nitrogen and oxygen atoms in total. The Hall–Kier alpha value is -3.82. The Labute approximate surface area is 146 Å². The standard InChI is InChI=1S/C16H13N5O5/c1-2-26-16(23)13-15(20-8-4-7-12(22)14(20)17-13)19-18-10-5-3-6-11(9-10)21(24)25/h3-9,22H,2H2,1H3. The van der Waals surface area contributed by atoms with Crippen molar-refractivity contribution in [2.45, 2.75) is 6.92 Å². The minimum Gasteiger partial charge on any atom is -0.504 e. The highest BCUT2D eigenvalue weighted by molar-refractivity contribution is 5.93. The maximum Gasteiger partial charge on any atom is 0.360 e. The lowest BCUT2D eigenvalue weighted by Gasteiger charge is -2.00. The average molecular weight is 355 g/mol. The number of carbonyl (C=O) groups is 1. The van der Waals surface area contributed by atoms with Gasteiger partial charge in [0.2, 0.25) is 0 Å². The summed E-state index contributed by atoms with van der Waals surface area (Å²) in [5.74, 6) is -0.820. The Balaban J connectivity index is 2.09. The number of esters is 1. The zero-order valence-corrected chi connectivity index (χ0v) is 13.6. The quantitative estimate of drug-likeness (QED) is 0.322. The minimum atomic E-state index is -0.719. The van der Waals surface area contributed by atoms with Crippen molar-refractivity contribution in [1.82, 2.24) is 9.38 Å². The first-order chi connectivity index (χ1) is 12.5. The fourth-order valence-corrected chi connectivity index (χ4v) is 2.25. The van der Waals surface area contributed by atoms with Crippen LogP contribution in [0.5, 0.6) is 5.75 Å². The predicted molar refractivity (Wildman–Crippen MR) is 90.1 cm³/mol. The van der Waals surface area contributed by atoms with Crippen LogP contribution in [0.3, 0.4) is 0 Å². The first kappa shape index (κ1) is 17.0. The summed E-state index contributed by atoms with van der Waals surface area (Å²) in [5, 5.41) is 28.7. The highest BCUT2D eigenvalue weighted by atomic mass is 16.6. The number of ether oxygens (including phenoxy) is 1. The van der Waals surface area contributed by atoms with Gasteiger partial charge in [-0.2, -0.15) is 0 Å². The van der Waals surface area contributed by atoms with Crippen LogP contribution >= 0.6 is 0 Å². The van der Waals surface area contributed by atoms with E-state index in [2.05, 4.69) is 15.2 Å². The van der Waals surface area contributed by atoms with Crippen LogP contribution < -0.4 is 0 Å². The van der Waals surface area contributed by atoms with E-state index in [1.807, 2.05) is 0 Å². The van der Waals surface area contributed by atoms with Crippen LogP contribution in [0, 0.1) is 10.1 Å². The van der Waals surface area contributed by atoms with Crippen LogP contribution in [0.15, 0.2) is 52.8 Å². The van der Waals surface area contributed by atoms with Crippen LogP contribution in [0.2, 0.25) is 0 Å². The Bertz CT molecular complexity index is 1030. The van der Waals surface area contributed by atoms with E-state index in [1.54, 1.807) is 19.2 Å². The van der Waals surface area contributed by atoms with E-state index in [9.17, 15) is 20.0 Å². The number of hydrogen-bond acceptors (Lipinski definition) is 8. The SMILES string of the molecule is CCOC(=O)c1nc2c(O)cccn2c1N=Nc1cccc([N+](=O)[O-])c1. The summed E-state index contributed by atoms with van der Waals surface area (Å²) < 4.78 is 6.33. The van der Waals surface area contributed by atoms with Crippen molar-refractivity contribution in [2.75, 3.05) is 6.61 Å². The third-order valence-electron chi connectivity index (χ3n) is 3.37. The number of carbonyl (C=O) groups excluding carboxylic acids is 1. The van der Waals surface area contributed by atoms with Gasteiger partial charge >= 0.3 is 5.97 Å². The summed E-state index contributed by atoms with van der Waals surface area (Å²) in [4.78, 5) is 26.5. The number of azo groups is 1. The Morgan fingerprint density at radius 2 is 2.15 bits per heavy atom. The first-order valence-electron chi connectivity index (χ1n) is 7.54. The number of non-ortho nitro benzene ring substituents is 1. The number of fused-ring (bicyclic) bond motifs is 1. The van der Waals surface area contributed by atoms with Crippen molar-refractivity contribution in [3.8, 4) is 5.75 Å². The molecule has 1 N–H and O–H groups in total. The molecule has 26 heavy (non-hydrogen) atoms. The Kier molecular flexibility index (Phi) is 4.56. The molecular formula is C16H13N5O5. The molecule has 0 saturated heterocycles. The van der Waals surface area contributed by atoms with E-state index >= 15 is 0 Å². The number of hydrogen-bond donors (Lipinski definition) is 1. The average Bonchev–Trinajstić information content (AvgIpc) is 3.00. The molecule has 2 aromatic heterocycles. The molecule has 0 aliphatic heterocycles. The molecule has 2 heterocycles. The lowest BCUT2D eigenvalue weighted by molar-refractivity contribution is -0.384. The van der Waals surface area contributed by atoms with Gasteiger partial charge in [0.15, 0.2) is 22.9 Å². The maximum atomic E-state index is 12.1. The molecule has 0 saturated carbocycles. The van der Waals surface area contributed by atoms with Crippen molar-refractivity contribution < 1.29 is 19.6 Å². The van der Waals surface area contributed by atoms with Gasteiger partial charge < -0.3 is 9.84 Å². The summed E-state index contributed by atoms with van der Waals surface area (Å²) >= 11 is 0. The zero-order chi connectivity index (χ0) is 18.7. The summed E-state index contributed by atoms with van der Waals surface area (Å²) in [6.07, 6.45) is 1.55. The van der Waals surface area contributed by atoms with E-state index in [-0.39, 0.29) is 40.9 Å². The molecule has 0 fully saturated rings. The molecule has 0 atom stereocenters. The largest absolute Gasteiger partial charge is 0.504 e. The fraction of sp³-hybridized carbons (Fsp3) is 0.125. The van der Waals surface area contributed by atoms with Gasteiger partial charge in [-0.25, -0.2) is 9.78 Å². The molecule has 0 amide bonds. The number of nitro benzene ring substituents is 1. The molecule has 0 spiro atoms. The number of nitro groups is 1. The molecule has 0 aliphatic rings. The predicted octanol–water partition coefficient (Wildman–Crippen LogP) is 3.54. The molecule has 0 radical (unpaired) electrons. The van der Waals surface area contributed by atoms with E-state index < -0.39 is 10.9 Å². The van der Waals surface area contributed by atoms with Gasteiger partial charge in [0.05, 0.1) is 17.2 Å². The summed E-state index contributed by atoms with van der Waals surface area (Å²) in [5.41, 5.74) is 0.0815. The van der Waals surface area contributed by atoms with Crippen molar-refractivity contribution in [1.29, 1.82) is 0 Å². The number of nitrogens with zero attached hydrogens (tertiary/aromatic N) is 5.